The van der Waals surface area contributed by atoms with Crippen LogP contribution < -0.4 is 4.90 Å². The van der Waals surface area contributed by atoms with Crippen LogP contribution in [-0.2, 0) is 0 Å². The highest BCUT2D eigenvalue weighted by Gasteiger charge is 2.35. The van der Waals surface area contributed by atoms with Gasteiger partial charge in [-0.25, -0.2) is 5.01 Å². The molecule has 0 bridgehead atoms. The second-order valence-electron chi connectivity index (χ2n) is 8.26. The van der Waals surface area contributed by atoms with E-state index in [-0.39, 0.29) is 0 Å². The van der Waals surface area contributed by atoms with Crippen molar-refractivity contribution in [2.24, 2.45) is 0 Å². The Hall–Kier alpha value is -1.67. The lowest BCUT2D eigenvalue weighted by molar-refractivity contribution is -0.0890. The smallest absolute Gasteiger partial charge is 0.368 e. The Morgan fingerprint density at radius 3 is 2.44 bits per heavy atom. The molecule has 3 aliphatic rings. The largest absolute Gasteiger partial charge is 0.416 e. The van der Waals surface area contributed by atoms with Crippen molar-refractivity contribution in [3.8, 4) is 0 Å². The molecule has 0 radical (unpaired) electrons. The first-order valence-corrected chi connectivity index (χ1v) is 11.7. The molecule has 1 aromatic rings. The van der Waals surface area contributed by atoms with Gasteiger partial charge < -0.3 is 4.90 Å². The van der Waals surface area contributed by atoms with Crippen molar-refractivity contribution >= 4 is 28.9 Å². The lowest BCUT2D eigenvalue weighted by atomic mass is 10.1. The second-order valence-corrected chi connectivity index (χ2v) is 9.05. The number of allylic oxidation sites excluding steroid dienone is 3. The van der Waals surface area contributed by atoms with Crippen LogP contribution in [0.15, 0.2) is 53.9 Å². The van der Waals surface area contributed by atoms with Crippen molar-refractivity contribution in [3.05, 3.63) is 63.9 Å². The molecule has 0 spiro atoms. The molecule has 0 N–H and O–H groups in total. The number of unbranched alkanes of at least 4 members (excludes halogenated alkanes) is 2. The highest BCUT2D eigenvalue weighted by molar-refractivity contribution is 6.43. The number of nitrogens with zero attached hydrogens (tertiary/aromatic N) is 4. The standard InChI is InChI=1S/C23H27Cl2F3N4/c24-20-5-4-6-21(22(20)25)30-15-13-29(14-16-30)9-2-1-3-10-31-11-8-19-17-18(23(26,27)28)7-12-32(19)31/h4-8,12,17H,1-3,9-11,13-16H2. The maximum atomic E-state index is 12.9. The van der Waals surface area contributed by atoms with Gasteiger partial charge in [0.05, 0.1) is 27.0 Å². The predicted molar refractivity (Wildman–Crippen MR) is 124 cm³/mol. The van der Waals surface area contributed by atoms with Gasteiger partial charge in [-0.2, -0.15) is 13.2 Å². The van der Waals surface area contributed by atoms with E-state index in [1.165, 1.54) is 12.3 Å². The molecule has 0 amide bonds. The minimum atomic E-state index is -4.30. The Morgan fingerprint density at radius 1 is 0.938 bits per heavy atom. The number of anilines is 1. The molecule has 1 aromatic carbocycles. The summed E-state index contributed by atoms with van der Waals surface area (Å²) in [6.07, 6.45) is 4.64. The number of hydrazine groups is 1. The first-order chi connectivity index (χ1) is 15.3. The summed E-state index contributed by atoms with van der Waals surface area (Å²) in [5.74, 6) is 0. The molecule has 32 heavy (non-hydrogen) atoms. The second kappa shape index (κ2) is 10.1. The number of hydrogen-bond donors (Lipinski definition) is 0. The van der Waals surface area contributed by atoms with Gasteiger partial charge in [0.2, 0.25) is 0 Å². The number of benzene rings is 1. The minimum absolute atomic E-state index is 0.587. The summed E-state index contributed by atoms with van der Waals surface area (Å²) < 4.78 is 38.6. The number of piperazine rings is 1. The van der Waals surface area contributed by atoms with E-state index in [2.05, 4.69) is 14.8 Å². The predicted octanol–water partition coefficient (Wildman–Crippen LogP) is 5.72. The number of alkyl halides is 3. The Morgan fingerprint density at radius 2 is 1.69 bits per heavy atom. The zero-order chi connectivity index (χ0) is 22.7. The molecule has 3 heterocycles. The first kappa shape index (κ1) is 23.5. The van der Waals surface area contributed by atoms with Gasteiger partial charge in [0, 0.05) is 45.5 Å². The maximum absolute atomic E-state index is 12.9. The quantitative estimate of drug-likeness (QED) is 0.457. The number of hydrogen-bond acceptors (Lipinski definition) is 4. The Labute approximate surface area is 197 Å². The zero-order valence-corrected chi connectivity index (χ0v) is 19.3. The summed E-state index contributed by atoms with van der Waals surface area (Å²) in [4.78, 5) is 4.76. The van der Waals surface area contributed by atoms with E-state index in [9.17, 15) is 13.2 Å². The SMILES string of the molecule is FC(F)(F)C1=CC2=CCN(CCCCCN3CCN(c4cccc(Cl)c4Cl)CC3)N2C=C1. The minimum Gasteiger partial charge on any atom is -0.368 e. The maximum Gasteiger partial charge on any atom is 0.416 e. The van der Waals surface area contributed by atoms with Crippen LogP contribution in [0.5, 0.6) is 0 Å². The summed E-state index contributed by atoms with van der Waals surface area (Å²) in [7, 11) is 0. The van der Waals surface area contributed by atoms with Gasteiger partial charge in [0.15, 0.2) is 0 Å². The summed E-state index contributed by atoms with van der Waals surface area (Å²) in [5, 5.41) is 5.12. The van der Waals surface area contributed by atoms with Crippen LogP contribution in [0.2, 0.25) is 10.0 Å². The van der Waals surface area contributed by atoms with Gasteiger partial charge in [-0.15, -0.1) is 0 Å². The van der Waals surface area contributed by atoms with Crippen molar-refractivity contribution in [3.63, 3.8) is 0 Å². The van der Waals surface area contributed by atoms with E-state index in [1.807, 2.05) is 23.2 Å². The summed E-state index contributed by atoms with van der Waals surface area (Å²) >= 11 is 12.5. The van der Waals surface area contributed by atoms with Crippen LogP contribution in [-0.4, -0.2) is 66.9 Å². The molecule has 174 valence electrons. The van der Waals surface area contributed by atoms with E-state index < -0.39 is 11.7 Å². The van der Waals surface area contributed by atoms with Crippen LogP contribution in [0.3, 0.4) is 0 Å². The highest BCUT2D eigenvalue weighted by atomic mass is 35.5. The van der Waals surface area contributed by atoms with Crippen LogP contribution in [0.1, 0.15) is 19.3 Å². The molecule has 9 heteroatoms. The van der Waals surface area contributed by atoms with E-state index in [1.54, 1.807) is 6.07 Å². The van der Waals surface area contributed by atoms with Gasteiger partial charge in [-0.05, 0) is 49.7 Å². The lowest BCUT2D eigenvalue weighted by Crippen LogP contribution is -2.46. The topological polar surface area (TPSA) is 13.0 Å². The van der Waals surface area contributed by atoms with E-state index in [4.69, 9.17) is 23.2 Å². The van der Waals surface area contributed by atoms with Gasteiger partial charge >= 0.3 is 6.18 Å². The molecular formula is C23H27Cl2F3N4. The monoisotopic (exact) mass is 486 g/mol. The Kier molecular flexibility index (Phi) is 7.40. The normalized spacial score (nSPS) is 19.9. The molecule has 0 aliphatic carbocycles. The molecule has 4 nitrogen and oxygen atoms in total. The zero-order valence-electron chi connectivity index (χ0n) is 17.8. The van der Waals surface area contributed by atoms with Crippen molar-refractivity contribution in [2.45, 2.75) is 25.4 Å². The molecule has 1 saturated heterocycles. The van der Waals surface area contributed by atoms with Gasteiger partial charge in [0.25, 0.3) is 0 Å². The molecule has 0 unspecified atom stereocenters. The molecule has 4 rings (SSSR count). The van der Waals surface area contributed by atoms with Gasteiger partial charge in [-0.1, -0.05) is 35.7 Å². The summed E-state index contributed by atoms with van der Waals surface area (Å²) in [6, 6.07) is 5.75. The molecule has 0 aromatic heterocycles. The average molecular weight is 487 g/mol. The van der Waals surface area contributed by atoms with E-state index in [0.29, 0.717) is 22.3 Å². The van der Waals surface area contributed by atoms with Crippen LogP contribution in [0, 0.1) is 0 Å². The van der Waals surface area contributed by atoms with Crippen LogP contribution in [0.25, 0.3) is 0 Å². The van der Waals surface area contributed by atoms with Crippen molar-refractivity contribution in [1.29, 1.82) is 0 Å². The molecule has 1 fully saturated rings. The van der Waals surface area contributed by atoms with Crippen molar-refractivity contribution in [1.82, 2.24) is 14.9 Å². The average Bonchev–Trinajstić information content (AvgIpc) is 3.18. The number of fused-ring (bicyclic) bond motifs is 1. The molecule has 0 atom stereocenters. The van der Waals surface area contributed by atoms with Gasteiger partial charge in [0.1, 0.15) is 0 Å². The lowest BCUT2D eigenvalue weighted by Gasteiger charge is -2.36. The molecular weight excluding hydrogens is 460 g/mol. The van der Waals surface area contributed by atoms with Crippen LogP contribution in [0.4, 0.5) is 18.9 Å². The van der Waals surface area contributed by atoms with Crippen molar-refractivity contribution in [2.75, 3.05) is 50.7 Å². The molecule has 0 saturated carbocycles. The Balaban J connectivity index is 1.13. The van der Waals surface area contributed by atoms with Gasteiger partial charge in [-0.3, -0.25) is 9.91 Å². The fourth-order valence-electron chi connectivity index (χ4n) is 4.34. The van der Waals surface area contributed by atoms with E-state index >= 15 is 0 Å². The summed E-state index contributed by atoms with van der Waals surface area (Å²) in [5.41, 5.74) is 1.01. The number of rotatable bonds is 7. The third-order valence-electron chi connectivity index (χ3n) is 6.14. The first-order valence-electron chi connectivity index (χ1n) is 11.0. The third-order valence-corrected chi connectivity index (χ3v) is 6.95. The third kappa shape index (κ3) is 5.45. The fraction of sp³-hybridized carbons (Fsp3) is 0.478. The Bertz CT molecular complexity index is 905. The number of halogens is 5. The fourth-order valence-corrected chi connectivity index (χ4v) is 4.75. The molecule has 3 aliphatic heterocycles. The summed E-state index contributed by atoms with van der Waals surface area (Å²) in [6.45, 7) is 6.38. The van der Waals surface area contributed by atoms with Crippen LogP contribution >= 0.6 is 23.2 Å². The van der Waals surface area contributed by atoms with Crippen molar-refractivity contribution < 1.29 is 13.2 Å². The van der Waals surface area contributed by atoms with E-state index in [0.717, 1.165) is 70.3 Å². The highest BCUT2D eigenvalue weighted by Crippen LogP contribution is 2.34.